The number of carbonyl (C=O) groups is 1. The van der Waals surface area contributed by atoms with Crippen LogP contribution in [0.25, 0.3) is 0 Å². The normalized spacial score (nSPS) is 17.4. The van der Waals surface area contributed by atoms with E-state index in [0.29, 0.717) is 5.46 Å². The summed E-state index contributed by atoms with van der Waals surface area (Å²) in [5, 5.41) is 14.5. The van der Waals surface area contributed by atoms with Crippen molar-refractivity contribution in [2.45, 2.75) is 58.0 Å². The highest BCUT2D eigenvalue weighted by molar-refractivity contribution is 6.49. The van der Waals surface area contributed by atoms with Gasteiger partial charge in [0.25, 0.3) is 5.91 Å². The summed E-state index contributed by atoms with van der Waals surface area (Å²) in [7, 11) is 2.44. The topological polar surface area (TPSA) is 89.7 Å². The zero-order valence-corrected chi connectivity index (χ0v) is 18.7. The number of aliphatic hydroxyl groups is 1. The molecule has 0 aromatic carbocycles. The third-order valence-corrected chi connectivity index (χ3v) is 5.71. The van der Waals surface area contributed by atoms with Gasteiger partial charge < -0.3 is 14.5 Å². The number of hydrogen-bond acceptors (Lipinski definition) is 6. The zero-order valence-electron chi connectivity index (χ0n) is 18.7. The fourth-order valence-corrected chi connectivity index (χ4v) is 3.07. The molecular weight excluding hydrogens is 428 g/mol. The molecule has 0 saturated carbocycles. The van der Waals surface area contributed by atoms with Gasteiger partial charge in [-0.15, -0.1) is 0 Å². The number of carbonyl (C=O) groups excluding carboxylic acids is 1. The molecule has 0 saturated heterocycles. The summed E-state index contributed by atoms with van der Waals surface area (Å²) < 4.78 is 51.6. The first-order valence-corrected chi connectivity index (χ1v) is 9.92. The third-order valence-electron chi connectivity index (χ3n) is 5.71. The number of rotatable bonds is 6. The molecule has 1 atom stereocenters. The maximum atomic E-state index is 13.3. The summed E-state index contributed by atoms with van der Waals surface area (Å²) in [5.74, 6) is -1.08. The lowest BCUT2D eigenvalue weighted by atomic mass is 9.82. The standard InChI is InChI=1S/C20H25BF3N4O4/c1-11-10-27(14-8-7-12(20(22,23)24)16(26-14)31-6)17(29)15-13(9-25-28(11)15)21-32-19(4,5)18(2,3)30/h7-9,11,30H,10H2,1-6H3. The van der Waals surface area contributed by atoms with Gasteiger partial charge in [-0.2, -0.15) is 23.3 Å². The van der Waals surface area contributed by atoms with Crippen LogP contribution in [0.2, 0.25) is 0 Å². The van der Waals surface area contributed by atoms with E-state index in [0.717, 1.165) is 19.2 Å². The molecule has 1 radical (unpaired) electrons. The first-order valence-electron chi connectivity index (χ1n) is 9.92. The number of pyridine rings is 1. The lowest BCUT2D eigenvalue weighted by molar-refractivity contribution is -0.139. The van der Waals surface area contributed by atoms with Gasteiger partial charge in [0.1, 0.15) is 17.1 Å². The number of methoxy groups -OCH3 is 1. The number of fused-ring (bicyclic) bond motifs is 1. The van der Waals surface area contributed by atoms with Crippen LogP contribution in [0, 0.1) is 0 Å². The Labute approximate surface area is 184 Å². The molecule has 12 heteroatoms. The Morgan fingerprint density at radius 2 is 1.88 bits per heavy atom. The third kappa shape index (κ3) is 4.33. The molecule has 2 aromatic heterocycles. The second-order valence-corrected chi connectivity index (χ2v) is 8.69. The number of nitrogens with zero attached hydrogens (tertiary/aromatic N) is 4. The molecular formula is C20H25BF3N4O4. The van der Waals surface area contributed by atoms with E-state index >= 15 is 0 Å². The van der Waals surface area contributed by atoms with Gasteiger partial charge >= 0.3 is 13.7 Å². The summed E-state index contributed by atoms with van der Waals surface area (Å²) in [6.45, 7) is 8.59. The Hall–Kier alpha value is -2.60. The van der Waals surface area contributed by atoms with Gasteiger partial charge in [0.2, 0.25) is 5.88 Å². The molecule has 0 bridgehead atoms. The van der Waals surface area contributed by atoms with E-state index in [1.54, 1.807) is 27.7 Å². The van der Waals surface area contributed by atoms with E-state index < -0.39 is 34.7 Å². The van der Waals surface area contributed by atoms with E-state index in [4.69, 9.17) is 9.39 Å². The van der Waals surface area contributed by atoms with Crippen LogP contribution in [0.1, 0.15) is 56.7 Å². The average molecular weight is 453 g/mol. The molecule has 0 fully saturated rings. The van der Waals surface area contributed by atoms with Crippen molar-refractivity contribution in [2.75, 3.05) is 18.6 Å². The fraction of sp³-hybridized carbons (Fsp3) is 0.550. The molecule has 32 heavy (non-hydrogen) atoms. The number of amides is 1. The van der Waals surface area contributed by atoms with Crippen LogP contribution in [0.3, 0.4) is 0 Å². The predicted octanol–water partition coefficient (Wildman–Crippen LogP) is 2.34. The zero-order chi connectivity index (χ0) is 24.1. The molecule has 0 spiro atoms. The molecule has 1 N–H and O–H groups in total. The Bertz CT molecular complexity index is 1020. The minimum atomic E-state index is -4.64. The van der Waals surface area contributed by atoms with E-state index in [1.165, 1.54) is 23.3 Å². The predicted molar refractivity (Wildman–Crippen MR) is 111 cm³/mol. The van der Waals surface area contributed by atoms with Crippen molar-refractivity contribution in [3.05, 3.63) is 29.6 Å². The van der Waals surface area contributed by atoms with Gasteiger partial charge in [0, 0.05) is 12.7 Å². The van der Waals surface area contributed by atoms with Crippen LogP contribution in [-0.2, 0) is 10.8 Å². The average Bonchev–Trinajstić information content (AvgIpc) is 3.12. The van der Waals surface area contributed by atoms with Gasteiger partial charge in [-0.1, -0.05) is 0 Å². The SMILES string of the molecule is COc1nc(N2CC(C)n3ncc([B]OC(C)(C)C(C)(C)O)c3C2=O)ccc1C(F)(F)F. The van der Waals surface area contributed by atoms with Gasteiger partial charge in [-0.25, -0.2) is 0 Å². The van der Waals surface area contributed by atoms with E-state index in [9.17, 15) is 23.1 Å². The van der Waals surface area contributed by atoms with E-state index in [-0.39, 0.29) is 24.1 Å². The molecule has 3 heterocycles. The molecule has 3 rings (SSSR count). The number of ether oxygens (including phenoxy) is 1. The van der Waals surface area contributed by atoms with Crippen LogP contribution in [0.4, 0.5) is 19.0 Å². The Balaban J connectivity index is 1.94. The van der Waals surface area contributed by atoms with Crippen LogP contribution in [-0.4, -0.2) is 58.1 Å². The Kier molecular flexibility index (Phi) is 6.07. The highest BCUT2D eigenvalue weighted by atomic mass is 19.4. The summed E-state index contributed by atoms with van der Waals surface area (Å²) in [4.78, 5) is 18.5. The first-order chi connectivity index (χ1) is 14.7. The summed E-state index contributed by atoms with van der Waals surface area (Å²) in [6.07, 6.45) is -3.17. The monoisotopic (exact) mass is 453 g/mol. The molecule has 1 amide bonds. The Morgan fingerprint density at radius 3 is 2.44 bits per heavy atom. The van der Waals surface area contributed by atoms with E-state index in [2.05, 4.69) is 10.1 Å². The molecule has 173 valence electrons. The van der Waals surface area contributed by atoms with Crippen molar-refractivity contribution in [1.29, 1.82) is 0 Å². The van der Waals surface area contributed by atoms with Gasteiger partial charge in [0.15, 0.2) is 0 Å². The van der Waals surface area contributed by atoms with Crippen LogP contribution in [0.15, 0.2) is 18.3 Å². The highest BCUT2D eigenvalue weighted by Gasteiger charge is 2.40. The van der Waals surface area contributed by atoms with Crippen molar-refractivity contribution in [1.82, 2.24) is 14.8 Å². The maximum Gasteiger partial charge on any atom is 0.421 e. The van der Waals surface area contributed by atoms with Gasteiger partial charge in [-0.05, 0) is 52.2 Å². The van der Waals surface area contributed by atoms with Crippen molar-refractivity contribution >= 4 is 24.7 Å². The van der Waals surface area contributed by atoms with Crippen LogP contribution in [0.5, 0.6) is 5.88 Å². The van der Waals surface area contributed by atoms with Crippen molar-refractivity contribution in [3.8, 4) is 5.88 Å². The number of hydrogen-bond donors (Lipinski definition) is 1. The maximum absolute atomic E-state index is 13.3. The lowest BCUT2D eigenvalue weighted by Crippen LogP contribution is -2.50. The first kappa shape index (κ1) is 24.1. The molecule has 1 unspecified atom stereocenters. The van der Waals surface area contributed by atoms with E-state index in [1.807, 2.05) is 6.92 Å². The largest absolute Gasteiger partial charge is 0.481 e. The van der Waals surface area contributed by atoms with Crippen molar-refractivity contribution in [2.24, 2.45) is 0 Å². The fourth-order valence-electron chi connectivity index (χ4n) is 3.07. The van der Waals surface area contributed by atoms with Gasteiger partial charge in [0.05, 0.1) is 24.4 Å². The quantitative estimate of drug-likeness (QED) is 0.676. The smallest absolute Gasteiger partial charge is 0.421 e. The number of aromatic nitrogens is 3. The minimum Gasteiger partial charge on any atom is -0.481 e. The van der Waals surface area contributed by atoms with Crippen molar-refractivity contribution in [3.63, 3.8) is 0 Å². The van der Waals surface area contributed by atoms with Crippen LogP contribution >= 0.6 is 0 Å². The number of alkyl halides is 3. The molecule has 1 aliphatic rings. The van der Waals surface area contributed by atoms with Crippen LogP contribution < -0.4 is 15.1 Å². The highest BCUT2D eigenvalue weighted by Crippen LogP contribution is 2.37. The minimum absolute atomic E-state index is 0.0304. The lowest BCUT2D eigenvalue weighted by Gasteiger charge is -2.37. The molecule has 0 aliphatic carbocycles. The molecule has 1 aliphatic heterocycles. The second-order valence-electron chi connectivity index (χ2n) is 8.69. The summed E-state index contributed by atoms with van der Waals surface area (Å²) in [5.41, 5.74) is -2.57. The molecule has 2 aromatic rings. The number of halogens is 3. The van der Waals surface area contributed by atoms with Gasteiger partial charge in [-0.3, -0.25) is 14.4 Å². The Morgan fingerprint density at radius 1 is 1.22 bits per heavy atom. The summed E-state index contributed by atoms with van der Waals surface area (Å²) in [6, 6.07) is 1.70. The number of anilines is 1. The second kappa shape index (κ2) is 8.07. The molecule has 8 nitrogen and oxygen atoms in total. The summed E-state index contributed by atoms with van der Waals surface area (Å²) >= 11 is 0. The van der Waals surface area contributed by atoms with Crippen molar-refractivity contribution < 1.29 is 32.5 Å².